The Kier molecular flexibility index (Phi) is 5.58. The standard InChI is InChI=1S/C14H15Cl2NO2/c1-9(2)5-4-6-12(17(18)19)11-8-7-10(3)13(11)14(15)16/h4-8,10H,1-3H3/b6-4-,12-11+. The van der Waals surface area contributed by atoms with Crippen LogP contribution in [-0.4, -0.2) is 4.92 Å². The molecule has 0 aromatic carbocycles. The third kappa shape index (κ3) is 4.08. The Morgan fingerprint density at radius 2 is 2.05 bits per heavy atom. The van der Waals surface area contributed by atoms with Crippen molar-refractivity contribution in [3.8, 4) is 0 Å². The van der Waals surface area contributed by atoms with Crippen LogP contribution in [0.15, 0.2) is 57.3 Å². The summed E-state index contributed by atoms with van der Waals surface area (Å²) in [5, 5.41) is 11.2. The number of nitrogens with zero attached hydrogens (tertiary/aromatic N) is 1. The number of nitro groups is 1. The molecule has 0 bridgehead atoms. The molecule has 0 spiro atoms. The molecule has 0 aliphatic heterocycles. The molecular weight excluding hydrogens is 285 g/mol. The van der Waals surface area contributed by atoms with Crippen LogP contribution in [0.4, 0.5) is 0 Å². The fourth-order valence-corrected chi connectivity index (χ4v) is 2.30. The summed E-state index contributed by atoms with van der Waals surface area (Å²) in [7, 11) is 0. The maximum absolute atomic E-state index is 11.2. The topological polar surface area (TPSA) is 43.1 Å². The number of hydrogen-bond donors (Lipinski definition) is 0. The van der Waals surface area contributed by atoms with Crippen LogP contribution in [0.3, 0.4) is 0 Å². The summed E-state index contributed by atoms with van der Waals surface area (Å²) in [4.78, 5) is 10.7. The van der Waals surface area contributed by atoms with Crippen LogP contribution in [0.2, 0.25) is 0 Å². The van der Waals surface area contributed by atoms with E-state index in [-0.39, 0.29) is 16.1 Å². The quantitative estimate of drug-likeness (QED) is 0.421. The van der Waals surface area contributed by atoms with E-state index >= 15 is 0 Å². The molecule has 0 aromatic heterocycles. The second-order valence-corrected chi connectivity index (χ2v) is 5.43. The van der Waals surface area contributed by atoms with Crippen LogP contribution in [0, 0.1) is 16.0 Å². The molecule has 0 amide bonds. The smallest absolute Gasteiger partial charge is 0.258 e. The van der Waals surface area contributed by atoms with Crippen molar-refractivity contribution < 1.29 is 4.92 Å². The molecule has 0 N–H and O–H groups in total. The second-order valence-electron chi connectivity index (χ2n) is 4.48. The van der Waals surface area contributed by atoms with Crippen molar-refractivity contribution in [2.45, 2.75) is 20.8 Å². The normalized spacial score (nSPS) is 20.9. The highest BCUT2D eigenvalue weighted by Crippen LogP contribution is 2.37. The van der Waals surface area contributed by atoms with Crippen LogP contribution in [0.25, 0.3) is 0 Å². The van der Waals surface area contributed by atoms with E-state index in [9.17, 15) is 10.1 Å². The predicted molar refractivity (Wildman–Crippen MR) is 79.6 cm³/mol. The minimum atomic E-state index is -0.427. The summed E-state index contributed by atoms with van der Waals surface area (Å²) in [5.41, 5.74) is 2.12. The molecule has 19 heavy (non-hydrogen) atoms. The van der Waals surface area contributed by atoms with Crippen LogP contribution in [0.1, 0.15) is 20.8 Å². The average molecular weight is 300 g/mol. The third-order valence-corrected chi connectivity index (χ3v) is 3.06. The van der Waals surface area contributed by atoms with E-state index in [0.717, 1.165) is 5.57 Å². The molecule has 1 aliphatic carbocycles. The van der Waals surface area contributed by atoms with E-state index in [4.69, 9.17) is 23.2 Å². The Hall–Kier alpha value is -1.32. The maximum atomic E-state index is 11.2. The molecule has 0 aromatic rings. The summed E-state index contributed by atoms with van der Waals surface area (Å²) in [5.74, 6) is -0.0215. The molecule has 0 saturated heterocycles. The first-order valence-corrected chi connectivity index (χ1v) is 6.54. The van der Waals surface area contributed by atoms with Crippen LogP contribution < -0.4 is 0 Å². The Balaban J connectivity index is 3.32. The highest BCUT2D eigenvalue weighted by atomic mass is 35.5. The van der Waals surface area contributed by atoms with Crippen molar-refractivity contribution in [2.24, 2.45) is 5.92 Å². The molecule has 1 atom stereocenters. The van der Waals surface area contributed by atoms with Gasteiger partial charge in [0, 0.05) is 17.6 Å². The molecule has 3 nitrogen and oxygen atoms in total. The summed E-state index contributed by atoms with van der Waals surface area (Å²) in [6, 6.07) is 0. The van der Waals surface area contributed by atoms with Gasteiger partial charge in [0.15, 0.2) is 0 Å². The molecule has 0 radical (unpaired) electrons. The number of rotatable bonds is 3. The van der Waals surface area contributed by atoms with Gasteiger partial charge in [-0.15, -0.1) is 0 Å². The highest BCUT2D eigenvalue weighted by Gasteiger charge is 2.26. The van der Waals surface area contributed by atoms with Gasteiger partial charge in [0.1, 0.15) is 4.49 Å². The lowest BCUT2D eigenvalue weighted by Crippen LogP contribution is -2.02. The van der Waals surface area contributed by atoms with Crippen molar-refractivity contribution in [3.05, 3.63) is 67.4 Å². The van der Waals surface area contributed by atoms with Crippen LogP contribution >= 0.6 is 23.2 Å². The van der Waals surface area contributed by atoms with Crippen molar-refractivity contribution in [2.75, 3.05) is 0 Å². The lowest BCUT2D eigenvalue weighted by atomic mass is 10.0. The van der Waals surface area contributed by atoms with Gasteiger partial charge in [0.25, 0.3) is 5.70 Å². The lowest BCUT2D eigenvalue weighted by Gasteiger charge is -2.06. The van der Waals surface area contributed by atoms with E-state index in [2.05, 4.69) is 0 Å². The van der Waals surface area contributed by atoms with Gasteiger partial charge >= 0.3 is 0 Å². The van der Waals surface area contributed by atoms with E-state index in [0.29, 0.717) is 11.1 Å². The minimum absolute atomic E-state index is 0.00750. The van der Waals surface area contributed by atoms with Crippen LogP contribution in [-0.2, 0) is 0 Å². The van der Waals surface area contributed by atoms with Gasteiger partial charge < -0.3 is 0 Å². The lowest BCUT2D eigenvalue weighted by molar-refractivity contribution is -0.419. The fourth-order valence-electron chi connectivity index (χ4n) is 1.75. The SMILES string of the molecule is CC(C)=C/C=C\C(=C1\C=CC(C)C1=C(Cl)Cl)[N+](=O)[O-]. The molecule has 0 heterocycles. The first-order valence-electron chi connectivity index (χ1n) is 5.78. The number of halogens is 2. The Bertz CT molecular complexity index is 532. The number of hydrogen-bond acceptors (Lipinski definition) is 2. The van der Waals surface area contributed by atoms with Crippen LogP contribution in [0.5, 0.6) is 0 Å². The molecule has 5 heteroatoms. The van der Waals surface area contributed by atoms with Crippen molar-refractivity contribution >= 4 is 23.2 Å². The van der Waals surface area contributed by atoms with E-state index in [1.54, 1.807) is 18.2 Å². The predicted octanol–water partition coefficient (Wildman–Crippen LogP) is 4.93. The zero-order chi connectivity index (χ0) is 14.6. The van der Waals surface area contributed by atoms with Gasteiger partial charge in [-0.3, -0.25) is 10.1 Å². The summed E-state index contributed by atoms with van der Waals surface area (Å²) in [6.07, 6.45) is 8.44. The molecular formula is C14H15Cl2NO2. The van der Waals surface area contributed by atoms with Gasteiger partial charge in [-0.2, -0.15) is 0 Å². The summed E-state index contributed by atoms with van der Waals surface area (Å²) < 4.78 is 0.0717. The first kappa shape index (κ1) is 15.7. The van der Waals surface area contributed by atoms with Crippen molar-refractivity contribution in [1.29, 1.82) is 0 Å². The summed E-state index contributed by atoms with van der Waals surface area (Å²) >= 11 is 11.6. The monoisotopic (exact) mass is 299 g/mol. The fraction of sp³-hybridized carbons (Fsp3) is 0.286. The zero-order valence-corrected chi connectivity index (χ0v) is 12.5. The molecule has 0 saturated carbocycles. The largest absolute Gasteiger partial charge is 0.276 e. The second kappa shape index (κ2) is 6.73. The van der Waals surface area contributed by atoms with Crippen molar-refractivity contribution in [3.63, 3.8) is 0 Å². The number of allylic oxidation sites excluding steroid dienone is 8. The molecule has 1 rings (SSSR count). The van der Waals surface area contributed by atoms with Gasteiger partial charge in [0.2, 0.25) is 0 Å². The molecule has 102 valence electrons. The Morgan fingerprint density at radius 1 is 1.42 bits per heavy atom. The average Bonchev–Trinajstić information content (AvgIpc) is 2.65. The van der Waals surface area contributed by atoms with Crippen molar-refractivity contribution in [1.82, 2.24) is 0 Å². The molecule has 0 fully saturated rings. The minimum Gasteiger partial charge on any atom is -0.258 e. The zero-order valence-electron chi connectivity index (χ0n) is 11.0. The molecule has 1 unspecified atom stereocenters. The first-order chi connectivity index (χ1) is 8.84. The van der Waals surface area contributed by atoms with E-state index < -0.39 is 4.92 Å². The van der Waals surface area contributed by atoms with E-state index in [1.165, 1.54) is 6.08 Å². The third-order valence-electron chi connectivity index (χ3n) is 2.66. The van der Waals surface area contributed by atoms with Gasteiger partial charge in [-0.1, -0.05) is 60.0 Å². The maximum Gasteiger partial charge on any atom is 0.276 e. The molecule has 1 aliphatic rings. The van der Waals surface area contributed by atoms with E-state index in [1.807, 2.05) is 26.8 Å². The Morgan fingerprint density at radius 3 is 2.53 bits per heavy atom. The van der Waals surface area contributed by atoms with Gasteiger partial charge in [-0.25, -0.2) is 0 Å². The Labute approximate surface area is 122 Å². The highest BCUT2D eigenvalue weighted by molar-refractivity contribution is 6.56. The van der Waals surface area contributed by atoms with Gasteiger partial charge in [0.05, 0.1) is 10.5 Å². The van der Waals surface area contributed by atoms with Gasteiger partial charge in [-0.05, 0) is 13.8 Å². The summed E-state index contributed by atoms with van der Waals surface area (Å²) in [6.45, 7) is 5.73.